The molecule has 1 N–H and O–H groups in total. The van der Waals surface area contributed by atoms with Crippen LogP contribution in [0.4, 0.5) is 4.39 Å². The predicted molar refractivity (Wildman–Crippen MR) is 76.1 cm³/mol. The van der Waals surface area contributed by atoms with Crippen LogP contribution in [0.15, 0.2) is 42.5 Å². The molecule has 102 valence electrons. The van der Waals surface area contributed by atoms with Gasteiger partial charge in [-0.25, -0.2) is 4.39 Å². The number of hydrogen-bond donors (Lipinski definition) is 1. The van der Waals surface area contributed by atoms with Crippen molar-refractivity contribution in [1.29, 1.82) is 0 Å². The van der Waals surface area contributed by atoms with Crippen LogP contribution in [-0.4, -0.2) is 11.7 Å². The van der Waals surface area contributed by atoms with Gasteiger partial charge in [-0.05, 0) is 18.2 Å². The van der Waals surface area contributed by atoms with Gasteiger partial charge in [-0.2, -0.15) is 0 Å². The summed E-state index contributed by atoms with van der Waals surface area (Å²) in [5.41, 5.74) is 1.23. The van der Waals surface area contributed by atoms with Gasteiger partial charge in [0.25, 0.3) is 0 Å². The van der Waals surface area contributed by atoms with Crippen molar-refractivity contribution in [1.82, 2.24) is 0 Å². The number of rotatable bonds is 3. The van der Waals surface area contributed by atoms with Crippen LogP contribution >= 0.6 is 11.6 Å². The lowest BCUT2D eigenvalue weighted by atomic mass is 10.2. The molecule has 0 saturated heterocycles. The monoisotopic (exact) mass is 290 g/mol. The number of benzene rings is 2. The summed E-state index contributed by atoms with van der Waals surface area (Å²) in [5.74, 6) is 5.45. The van der Waals surface area contributed by atoms with E-state index in [0.29, 0.717) is 16.9 Å². The lowest BCUT2D eigenvalue weighted by Crippen LogP contribution is -1.99. The molecule has 2 aromatic rings. The highest BCUT2D eigenvalue weighted by Crippen LogP contribution is 2.23. The van der Waals surface area contributed by atoms with Gasteiger partial charge in [0.1, 0.15) is 24.8 Å². The Labute approximate surface area is 121 Å². The standard InChI is InChI=1S/C16H12ClFO2/c17-16-13(6-3-8-14(16)18)11-20-15-9-2-1-5-12(15)7-4-10-19/h1-3,5-6,8-9,19H,10-11H2. The molecule has 0 unspecified atom stereocenters. The second-order valence-electron chi connectivity index (χ2n) is 3.96. The topological polar surface area (TPSA) is 29.5 Å². The minimum absolute atomic E-state index is 0.0615. The average Bonchev–Trinajstić information content (AvgIpc) is 2.47. The van der Waals surface area contributed by atoms with Crippen molar-refractivity contribution in [3.63, 3.8) is 0 Å². The minimum Gasteiger partial charge on any atom is -0.488 e. The molecule has 0 bridgehead atoms. The largest absolute Gasteiger partial charge is 0.488 e. The Morgan fingerprint density at radius 2 is 1.95 bits per heavy atom. The van der Waals surface area contributed by atoms with Gasteiger partial charge >= 0.3 is 0 Å². The van der Waals surface area contributed by atoms with Crippen LogP contribution in [0.2, 0.25) is 5.02 Å². The zero-order chi connectivity index (χ0) is 14.4. The maximum absolute atomic E-state index is 13.3. The Bertz CT molecular complexity index is 659. The third-order valence-corrected chi connectivity index (χ3v) is 3.03. The zero-order valence-electron chi connectivity index (χ0n) is 10.6. The fraction of sp³-hybridized carbons (Fsp3) is 0.125. The van der Waals surface area contributed by atoms with Crippen LogP contribution in [0.3, 0.4) is 0 Å². The summed E-state index contributed by atoms with van der Waals surface area (Å²) in [7, 11) is 0. The number of ether oxygens (including phenoxy) is 1. The van der Waals surface area contributed by atoms with E-state index in [1.807, 2.05) is 12.1 Å². The smallest absolute Gasteiger partial charge is 0.142 e. The van der Waals surface area contributed by atoms with Gasteiger partial charge in [-0.3, -0.25) is 0 Å². The molecule has 0 aliphatic rings. The first-order valence-corrected chi connectivity index (χ1v) is 6.34. The van der Waals surface area contributed by atoms with Gasteiger partial charge < -0.3 is 9.84 Å². The third kappa shape index (κ3) is 3.51. The Balaban J connectivity index is 2.17. The van der Waals surface area contributed by atoms with E-state index < -0.39 is 5.82 Å². The second kappa shape index (κ2) is 6.95. The minimum atomic E-state index is -0.471. The molecular weight excluding hydrogens is 279 g/mol. The van der Waals surface area contributed by atoms with Crippen LogP contribution in [0.1, 0.15) is 11.1 Å². The third-order valence-electron chi connectivity index (χ3n) is 2.60. The number of aliphatic hydroxyl groups is 1. The molecule has 0 heterocycles. The normalized spacial score (nSPS) is 9.75. The van der Waals surface area contributed by atoms with Crippen LogP contribution in [0.25, 0.3) is 0 Å². The molecule has 2 aromatic carbocycles. The van der Waals surface area contributed by atoms with Gasteiger partial charge in [0, 0.05) is 5.56 Å². The lowest BCUT2D eigenvalue weighted by Gasteiger charge is -2.09. The molecule has 0 amide bonds. The van der Waals surface area contributed by atoms with Gasteiger partial charge in [-0.15, -0.1) is 0 Å². The van der Waals surface area contributed by atoms with E-state index in [9.17, 15) is 4.39 Å². The van der Waals surface area contributed by atoms with Crippen molar-refractivity contribution >= 4 is 11.6 Å². The van der Waals surface area contributed by atoms with Crippen LogP contribution in [-0.2, 0) is 6.61 Å². The Hall–Kier alpha value is -2.02. The molecule has 20 heavy (non-hydrogen) atoms. The van der Waals surface area contributed by atoms with Crippen molar-refractivity contribution < 1.29 is 14.2 Å². The summed E-state index contributed by atoms with van der Waals surface area (Å²) < 4.78 is 18.9. The highest BCUT2D eigenvalue weighted by molar-refractivity contribution is 6.31. The summed E-state index contributed by atoms with van der Waals surface area (Å²) >= 11 is 5.87. The van der Waals surface area contributed by atoms with Crippen LogP contribution in [0, 0.1) is 17.7 Å². The van der Waals surface area contributed by atoms with Gasteiger partial charge in [0.2, 0.25) is 0 Å². The Kier molecular flexibility index (Phi) is 5.00. The van der Waals surface area contributed by atoms with E-state index in [4.69, 9.17) is 21.4 Å². The number of hydrogen-bond acceptors (Lipinski definition) is 2. The first-order chi connectivity index (χ1) is 9.72. The number of para-hydroxylation sites is 1. The van der Waals surface area contributed by atoms with E-state index in [-0.39, 0.29) is 18.2 Å². The summed E-state index contributed by atoms with van der Waals surface area (Å²) in [5, 5.41) is 8.78. The van der Waals surface area contributed by atoms with E-state index >= 15 is 0 Å². The molecule has 0 atom stereocenters. The highest BCUT2D eigenvalue weighted by atomic mass is 35.5. The predicted octanol–water partition coefficient (Wildman–Crippen LogP) is 3.40. The van der Waals surface area contributed by atoms with E-state index in [1.54, 1.807) is 24.3 Å². The molecule has 0 aliphatic carbocycles. The van der Waals surface area contributed by atoms with E-state index in [0.717, 1.165) is 0 Å². The molecular formula is C16H12ClFO2. The number of halogens is 2. The van der Waals surface area contributed by atoms with Crippen molar-refractivity contribution in [2.75, 3.05) is 6.61 Å². The molecule has 0 saturated carbocycles. The molecule has 0 radical (unpaired) electrons. The van der Waals surface area contributed by atoms with Crippen molar-refractivity contribution in [3.05, 3.63) is 64.4 Å². The maximum atomic E-state index is 13.3. The highest BCUT2D eigenvalue weighted by Gasteiger charge is 2.07. The molecule has 2 rings (SSSR count). The van der Waals surface area contributed by atoms with E-state index in [2.05, 4.69) is 11.8 Å². The molecule has 0 aromatic heterocycles. The van der Waals surface area contributed by atoms with Crippen molar-refractivity contribution in [2.45, 2.75) is 6.61 Å². The van der Waals surface area contributed by atoms with Crippen molar-refractivity contribution in [3.8, 4) is 17.6 Å². The summed E-state index contributed by atoms with van der Waals surface area (Å²) in [6, 6.07) is 11.8. The molecule has 0 fully saturated rings. The van der Waals surface area contributed by atoms with Gasteiger partial charge in [-0.1, -0.05) is 47.7 Å². The number of aliphatic hydroxyl groups excluding tert-OH is 1. The molecule has 4 heteroatoms. The Morgan fingerprint density at radius 1 is 1.15 bits per heavy atom. The first-order valence-electron chi connectivity index (χ1n) is 5.97. The fourth-order valence-electron chi connectivity index (χ4n) is 1.65. The lowest BCUT2D eigenvalue weighted by molar-refractivity contribution is 0.305. The van der Waals surface area contributed by atoms with E-state index in [1.165, 1.54) is 6.07 Å². The van der Waals surface area contributed by atoms with Crippen LogP contribution < -0.4 is 4.74 Å². The maximum Gasteiger partial charge on any atom is 0.142 e. The fourth-order valence-corrected chi connectivity index (χ4v) is 1.83. The summed E-state index contributed by atoms with van der Waals surface area (Å²) in [6.07, 6.45) is 0. The van der Waals surface area contributed by atoms with Gasteiger partial charge in [0.05, 0.1) is 10.6 Å². The zero-order valence-corrected chi connectivity index (χ0v) is 11.3. The first kappa shape index (κ1) is 14.4. The molecule has 2 nitrogen and oxygen atoms in total. The molecule has 0 aliphatic heterocycles. The van der Waals surface area contributed by atoms with Crippen LogP contribution in [0.5, 0.6) is 5.75 Å². The van der Waals surface area contributed by atoms with Gasteiger partial charge in [0.15, 0.2) is 0 Å². The second-order valence-corrected chi connectivity index (χ2v) is 4.34. The average molecular weight is 291 g/mol. The Morgan fingerprint density at radius 3 is 2.75 bits per heavy atom. The SMILES string of the molecule is OCC#Cc1ccccc1OCc1cccc(F)c1Cl. The summed E-state index contributed by atoms with van der Waals surface area (Å²) in [6.45, 7) is -0.0710. The molecule has 0 spiro atoms. The quantitative estimate of drug-likeness (QED) is 0.878. The van der Waals surface area contributed by atoms with Crippen molar-refractivity contribution in [2.24, 2.45) is 0 Å². The summed E-state index contributed by atoms with van der Waals surface area (Å²) in [4.78, 5) is 0.